The van der Waals surface area contributed by atoms with Gasteiger partial charge < -0.3 is 19.4 Å². The molecule has 0 fully saturated rings. The molecule has 41 heavy (non-hydrogen) atoms. The van der Waals surface area contributed by atoms with Crippen molar-refractivity contribution >= 4 is 46.4 Å². The fourth-order valence-corrected chi connectivity index (χ4v) is 5.94. The number of rotatable bonds is 6. The zero-order valence-corrected chi connectivity index (χ0v) is 23.8. The second-order valence-electron chi connectivity index (χ2n) is 9.73. The molecule has 2 amide bonds. The van der Waals surface area contributed by atoms with Crippen LogP contribution in [0.4, 0.5) is 15.8 Å². The van der Waals surface area contributed by atoms with E-state index in [0.717, 1.165) is 12.1 Å². The quantitative estimate of drug-likeness (QED) is 0.307. The number of carbonyl (C=O) groups is 2. The van der Waals surface area contributed by atoms with Gasteiger partial charge >= 0.3 is 6.01 Å². The lowest BCUT2D eigenvalue weighted by Crippen LogP contribution is -2.51. The number of imidazole rings is 1. The number of nitrogens with one attached hydrogen (secondary N) is 1. The molecule has 0 unspecified atom stereocenters. The highest BCUT2D eigenvalue weighted by molar-refractivity contribution is 6.32. The summed E-state index contributed by atoms with van der Waals surface area (Å²) in [7, 11) is 1.45. The number of fused-ring (bicyclic) bond motifs is 4. The van der Waals surface area contributed by atoms with Crippen LogP contribution in [0.2, 0.25) is 10.0 Å². The van der Waals surface area contributed by atoms with Gasteiger partial charge in [0, 0.05) is 33.5 Å². The molecule has 4 aromatic rings. The summed E-state index contributed by atoms with van der Waals surface area (Å²) >= 11 is 12.5. The number of hydrogen-bond donors (Lipinski definition) is 1. The smallest absolute Gasteiger partial charge is 0.319 e. The molecule has 1 atom stereocenters. The highest BCUT2D eigenvalue weighted by Gasteiger charge is 2.64. The van der Waals surface area contributed by atoms with Gasteiger partial charge in [-0.3, -0.25) is 14.5 Å². The molecule has 1 N–H and O–H groups in total. The van der Waals surface area contributed by atoms with Crippen molar-refractivity contribution in [3.05, 3.63) is 75.4 Å². The summed E-state index contributed by atoms with van der Waals surface area (Å²) in [5.41, 5.74) is -0.131. The molecule has 0 aliphatic carbocycles. The SMILES string of the molecule is CCOc1ncc(-c2nc3c(n2C(C)C)[C@@]2(C(=O)Nc4cc(Cl)ccc42)N(c2cc(F)cc(Cl)c2)C3=O)c(OC)n1. The van der Waals surface area contributed by atoms with Crippen LogP contribution in [-0.4, -0.2) is 45.1 Å². The summed E-state index contributed by atoms with van der Waals surface area (Å²) in [6.45, 7) is 5.94. The number of anilines is 2. The third kappa shape index (κ3) is 3.86. The first-order chi connectivity index (χ1) is 19.6. The Hall–Kier alpha value is -4.22. The molecule has 0 saturated heterocycles. The van der Waals surface area contributed by atoms with Crippen LogP contribution in [0, 0.1) is 5.82 Å². The fourth-order valence-electron chi connectivity index (χ4n) is 5.55. The fraction of sp³-hybridized carbons (Fsp3) is 0.250. The van der Waals surface area contributed by atoms with Gasteiger partial charge in [-0.2, -0.15) is 4.98 Å². The Morgan fingerprint density at radius 3 is 2.56 bits per heavy atom. The molecular weight excluding hydrogens is 574 g/mol. The summed E-state index contributed by atoms with van der Waals surface area (Å²) in [6, 6.07) is 8.41. The molecule has 0 saturated carbocycles. The number of aromatic nitrogens is 4. The molecule has 13 heteroatoms. The van der Waals surface area contributed by atoms with E-state index in [2.05, 4.69) is 15.3 Å². The third-order valence-electron chi connectivity index (χ3n) is 7.00. The third-order valence-corrected chi connectivity index (χ3v) is 7.46. The molecule has 10 nitrogen and oxygen atoms in total. The molecule has 2 aromatic heterocycles. The number of benzene rings is 2. The maximum atomic E-state index is 14.6. The number of hydrogen-bond acceptors (Lipinski definition) is 7. The summed E-state index contributed by atoms with van der Waals surface area (Å²) in [4.78, 5) is 43.1. The first-order valence-electron chi connectivity index (χ1n) is 12.7. The van der Waals surface area contributed by atoms with Crippen molar-refractivity contribution in [1.82, 2.24) is 19.5 Å². The van der Waals surface area contributed by atoms with Crippen LogP contribution in [0.15, 0.2) is 42.6 Å². The molecule has 4 heterocycles. The number of halogens is 3. The monoisotopic (exact) mass is 596 g/mol. The number of carbonyl (C=O) groups excluding carboxylic acids is 2. The lowest BCUT2D eigenvalue weighted by Gasteiger charge is -2.35. The Morgan fingerprint density at radius 2 is 1.88 bits per heavy atom. The standard InChI is InChI=1S/C28H23Cl2FN6O4/c1-5-41-27-32-12-18(24(35-27)40-4)23-34-21-22(36(23)13(2)3)28(19-7-6-14(29)10-20(19)33-26(28)39)37(25(21)38)17-9-15(30)8-16(31)11-17/h6-13H,5H2,1-4H3,(H,33,39)/t28-/m0/s1. The highest BCUT2D eigenvalue weighted by Crippen LogP contribution is 2.54. The topological polar surface area (TPSA) is 111 Å². The van der Waals surface area contributed by atoms with Gasteiger partial charge in [0.05, 0.1) is 30.7 Å². The van der Waals surface area contributed by atoms with Crippen molar-refractivity contribution in [1.29, 1.82) is 0 Å². The maximum Gasteiger partial charge on any atom is 0.319 e. The molecule has 210 valence electrons. The molecule has 2 aliphatic heterocycles. The maximum absolute atomic E-state index is 14.6. The van der Waals surface area contributed by atoms with Crippen LogP contribution >= 0.6 is 23.2 Å². The normalized spacial score (nSPS) is 17.3. The van der Waals surface area contributed by atoms with E-state index in [9.17, 15) is 14.0 Å². The average molecular weight is 597 g/mol. The predicted octanol–water partition coefficient (Wildman–Crippen LogP) is 5.63. The number of nitrogens with zero attached hydrogens (tertiary/aromatic N) is 5. The van der Waals surface area contributed by atoms with Crippen LogP contribution in [0.3, 0.4) is 0 Å². The van der Waals surface area contributed by atoms with Crippen molar-refractivity contribution in [2.24, 2.45) is 0 Å². The van der Waals surface area contributed by atoms with Gasteiger partial charge in [0.15, 0.2) is 11.2 Å². The summed E-state index contributed by atoms with van der Waals surface area (Å²) in [5.74, 6) is -1.34. The van der Waals surface area contributed by atoms with E-state index in [1.165, 1.54) is 24.3 Å². The number of methoxy groups -OCH3 is 1. The van der Waals surface area contributed by atoms with Crippen molar-refractivity contribution < 1.29 is 23.5 Å². The first-order valence-corrected chi connectivity index (χ1v) is 13.5. The van der Waals surface area contributed by atoms with E-state index in [0.29, 0.717) is 40.0 Å². The molecule has 1 spiro atoms. The van der Waals surface area contributed by atoms with Crippen LogP contribution < -0.4 is 19.7 Å². The molecular formula is C28H23Cl2FN6O4. The molecule has 0 radical (unpaired) electrons. The second kappa shape index (κ2) is 9.71. The van der Waals surface area contributed by atoms with Crippen molar-refractivity contribution in [2.75, 3.05) is 23.9 Å². The van der Waals surface area contributed by atoms with Crippen molar-refractivity contribution in [3.8, 4) is 23.3 Å². The Bertz CT molecular complexity index is 1740. The highest BCUT2D eigenvalue weighted by atomic mass is 35.5. The van der Waals surface area contributed by atoms with Crippen LogP contribution in [0.5, 0.6) is 11.9 Å². The number of amides is 2. The van der Waals surface area contributed by atoms with Crippen LogP contribution in [0.1, 0.15) is 48.6 Å². The largest absolute Gasteiger partial charge is 0.480 e. The zero-order chi connectivity index (χ0) is 29.2. The Labute approximate surface area is 244 Å². The van der Waals surface area contributed by atoms with E-state index in [4.69, 9.17) is 37.7 Å². The first kappa shape index (κ1) is 27.0. The summed E-state index contributed by atoms with van der Waals surface area (Å²) < 4.78 is 27.4. The zero-order valence-electron chi connectivity index (χ0n) is 22.3. The Morgan fingerprint density at radius 1 is 1.10 bits per heavy atom. The number of ether oxygens (including phenoxy) is 2. The van der Waals surface area contributed by atoms with Gasteiger partial charge in [0.1, 0.15) is 11.6 Å². The minimum Gasteiger partial charge on any atom is -0.480 e. The minimum absolute atomic E-state index is 0.00275. The predicted molar refractivity (Wildman–Crippen MR) is 150 cm³/mol. The van der Waals surface area contributed by atoms with E-state index in [1.54, 1.807) is 29.7 Å². The van der Waals surface area contributed by atoms with Crippen molar-refractivity contribution in [2.45, 2.75) is 32.4 Å². The van der Waals surface area contributed by atoms with E-state index >= 15 is 0 Å². The lowest BCUT2D eigenvalue weighted by molar-refractivity contribution is -0.119. The molecule has 2 aliphatic rings. The second-order valence-corrected chi connectivity index (χ2v) is 10.6. The van der Waals surface area contributed by atoms with Crippen LogP contribution in [-0.2, 0) is 10.3 Å². The molecule has 6 rings (SSSR count). The molecule has 2 aromatic carbocycles. The van der Waals surface area contributed by atoms with Gasteiger partial charge in [-0.1, -0.05) is 29.3 Å². The van der Waals surface area contributed by atoms with Crippen molar-refractivity contribution in [3.63, 3.8) is 0 Å². The van der Waals surface area contributed by atoms with Gasteiger partial charge in [-0.15, -0.1) is 0 Å². The van der Waals surface area contributed by atoms with Gasteiger partial charge in [-0.05, 0) is 51.1 Å². The van der Waals surface area contributed by atoms with Gasteiger partial charge in [0.25, 0.3) is 11.8 Å². The lowest BCUT2D eigenvalue weighted by atomic mass is 9.87. The minimum atomic E-state index is -1.77. The Kier molecular flexibility index (Phi) is 6.39. The average Bonchev–Trinajstić information content (AvgIpc) is 3.52. The Balaban J connectivity index is 1.69. The van der Waals surface area contributed by atoms with E-state index < -0.39 is 23.2 Å². The van der Waals surface area contributed by atoms with Crippen LogP contribution in [0.25, 0.3) is 11.4 Å². The molecule has 0 bridgehead atoms. The summed E-state index contributed by atoms with van der Waals surface area (Å²) in [5, 5.41) is 3.32. The van der Waals surface area contributed by atoms with Gasteiger partial charge in [0.2, 0.25) is 5.88 Å². The van der Waals surface area contributed by atoms with E-state index in [1.807, 2.05) is 13.8 Å². The van der Waals surface area contributed by atoms with Gasteiger partial charge in [-0.25, -0.2) is 14.4 Å². The van der Waals surface area contributed by atoms with E-state index in [-0.39, 0.29) is 34.3 Å². The summed E-state index contributed by atoms with van der Waals surface area (Å²) in [6.07, 6.45) is 1.50.